The molecule has 0 atom stereocenters. The van der Waals surface area contributed by atoms with Crippen LogP contribution in [0.25, 0.3) is 10.8 Å². The van der Waals surface area contributed by atoms with Crippen molar-refractivity contribution in [1.29, 1.82) is 0 Å². The number of carbonyl (C=O) groups is 1. The molecule has 1 saturated heterocycles. The molecule has 6 nitrogen and oxygen atoms in total. The van der Waals surface area contributed by atoms with E-state index >= 15 is 0 Å². The molecule has 33 heavy (non-hydrogen) atoms. The topological polar surface area (TPSA) is 71.7 Å². The van der Waals surface area contributed by atoms with E-state index in [0.717, 1.165) is 34.8 Å². The van der Waals surface area contributed by atoms with Gasteiger partial charge in [-0.2, -0.15) is 0 Å². The highest BCUT2D eigenvalue weighted by Crippen LogP contribution is 2.25. The second-order valence-corrected chi connectivity index (χ2v) is 12.2. The first-order valence-electron chi connectivity index (χ1n) is 11.0. The van der Waals surface area contributed by atoms with Gasteiger partial charge >= 0.3 is 0 Å². The highest BCUT2D eigenvalue weighted by atomic mass is 35.5. The van der Waals surface area contributed by atoms with Crippen LogP contribution in [-0.4, -0.2) is 49.7 Å². The Morgan fingerprint density at radius 2 is 1.85 bits per heavy atom. The largest absolute Gasteiger partial charge is 0.343 e. The Labute approximate surface area is 203 Å². The lowest BCUT2D eigenvalue weighted by molar-refractivity contribution is -0.132. The molecule has 9 heteroatoms. The molecular weight excluding hydrogens is 478 g/mol. The van der Waals surface area contributed by atoms with Crippen molar-refractivity contribution >= 4 is 49.5 Å². The second kappa shape index (κ2) is 9.99. The number of likely N-dealkylation sites (tertiary alicyclic amines) is 1. The zero-order valence-electron chi connectivity index (χ0n) is 18.8. The second-order valence-electron chi connectivity index (χ2n) is 8.56. The predicted molar refractivity (Wildman–Crippen MR) is 133 cm³/mol. The van der Waals surface area contributed by atoms with Gasteiger partial charge in [0.1, 0.15) is 0 Å². The van der Waals surface area contributed by atoms with Gasteiger partial charge in [-0.15, -0.1) is 11.3 Å². The van der Waals surface area contributed by atoms with E-state index in [1.165, 1.54) is 4.88 Å². The number of halogens is 1. The molecule has 1 aliphatic heterocycles. The number of carbonyl (C=O) groups excluding carboxylic acids is 1. The number of piperidine rings is 1. The number of hydrogen-bond acceptors (Lipinski definition) is 5. The third-order valence-electron chi connectivity index (χ3n) is 6.23. The van der Waals surface area contributed by atoms with Crippen molar-refractivity contribution in [3.05, 3.63) is 57.3 Å². The predicted octanol–water partition coefficient (Wildman–Crippen LogP) is 4.07. The minimum atomic E-state index is -3.54. The summed E-state index contributed by atoms with van der Waals surface area (Å²) in [5, 5.41) is 2.31. The van der Waals surface area contributed by atoms with E-state index < -0.39 is 9.84 Å². The molecule has 0 saturated carbocycles. The van der Waals surface area contributed by atoms with Crippen LogP contribution in [0.3, 0.4) is 0 Å². The molecular formula is C24H28ClN3O3S2. The fourth-order valence-electron chi connectivity index (χ4n) is 4.34. The summed E-state index contributed by atoms with van der Waals surface area (Å²) < 4.78 is 27.7. The van der Waals surface area contributed by atoms with Crippen molar-refractivity contribution in [2.75, 3.05) is 25.9 Å². The monoisotopic (exact) mass is 505 g/mol. The molecule has 0 N–H and O–H groups in total. The summed E-state index contributed by atoms with van der Waals surface area (Å²) in [6.07, 6.45) is 5.01. The van der Waals surface area contributed by atoms with Gasteiger partial charge in [-0.05, 0) is 60.2 Å². The van der Waals surface area contributed by atoms with Crippen molar-refractivity contribution < 1.29 is 13.2 Å². The number of fused-ring (bicyclic) bond motifs is 1. The van der Waals surface area contributed by atoms with E-state index in [1.54, 1.807) is 54.8 Å². The molecule has 2 heterocycles. The molecule has 0 spiro atoms. The van der Waals surface area contributed by atoms with E-state index in [-0.39, 0.29) is 23.0 Å². The Bertz CT molecular complexity index is 1340. The number of hydrogen-bond donors (Lipinski definition) is 0. The molecule has 4 rings (SSSR count). The summed E-state index contributed by atoms with van der Waals surface area (Å²) in [5.41, 5.74) is 0. The fraction of sp³-hybridized carbons (Fsp3) is 0.417. The van der Waals surface area contributed by atoms with Gasteiger partial charge in [-0.1, -0.05) is 23.7 Å². The average molecular weight is 506 g/mol. The van der Waals surface area contributed by atoms with E-state index in [0.29, 0.717) is 24.0 Å². The van der Waals surface area contributed by atoms with Crippen LogP contribution in [0, 0.1) is 5.92 Å². The maximum atomic E-state index is 12.8. The minimum Gasteiger partial charge on any atom is -0.343 e. The van der Waals surface area contributed by atoms with Crippen molar-refractivity contribution in [2.45, 2.75) is 30.6 Å². The van der Waals surface area contributed by atoms with Crippen LogP contribution in [0.5, 0.6) is 0 Å². The smallest absolute Gasteiger partial charge is 0.223 e. The summed E-state index contributed by atoms with van der Waals surface area (Å²) in [4.78, 5) is 21.4. The third-order valence-corrected chi connectivity index (χ3v) is 9.36. The lowest BCUT2D eigenvalue weighted by Crippen LogP contribution is -2.39. The number of sulfone groups is 1. The van der Waals surface area contributed by atoms with Crippen molar-refractivity contribution in [2.24, 2.45) is 18.0 Å². The molecule has 0 aliphatic carbocycles. The Hall–Kier alpha value is -2.16. The summed E-state index contributed by atoms with van der Waals surface area (Å²) in [6, 6.07) is 10.3. The van der Waals surface area contributed by atoms with Crippen molar-refractivity contribution in [1.82, 2.24) is 9.47 Å². The molecule has 176 valence electrons. The SMILES string of the molecule is CN=c1sc(CC2CCN(C(=O)CCS(=O)(=O)c3ccc4cc(Cl)ccc4c3)CC2)cn1C. The Morgan fingerprint density at radius 1 is 1.15 bits per heavy atom. The summed E-state index contributed by atoms with van der Waals surface area (Å²) in [5.74, 6) is 0.270. The number of nitrogens with zero attached hydrogens (tertiary/aromatic N) is 3. The average Bonchev–Trinajstić information content (AvgIpc) is 3.16. The van der Waals surface area contributed by atoms with Gasteiger partial charge < -0.3 is 9.47 Å². The molecule has 1 aliphatic rings. The zero-order valence-corrected chi connectivity index (χ0v) is 21.2. The molecule has 1 fully saturated rings. The van der Waals surface area contributed by atoms with Crippen LogP contribution >= 0.6 is 22.9 Å². The van der Waals surface area contributed by atoms with Gasteiger partial charge in [0.25, 0.3) is 0 Å². The van der Waals surface area contributed by atoms with Gasteiger partial charge in [0.15, 0.2) is 14.6 Å². The fourth-order valence-corrected chi connectivity index (χ4v) is 6.84. The Morgan fingerprint density at radius 3 is 2.55 bits per heavy atom. The van der Waals surface area contributed by atoms with Gasteiger partial charge in [0.05, 0.1) is 10.6 Å². The van der Waals surface area contributed by atoms with E-state index in [9.17, 15) is 13.2 Å². The van der Waals surface area contributed by atoms with Gasteiger partial charge in [0.2, 0.25) is 5.91 Å². The molecule has 0 bridgehead atoms. The van der Waals surface area contributed by atoms with Gasteiger partial charge in [-0.25, -0.2) is 8.42 Å². The first-order chi connectivity index (χ1) is 15.7. The van der Waals surface area contributed by atoms with Gasteiger partial charge in [-0.3, -0.25) is 9.79 Å². The maximum absolute atomic E-state index is 12.8. The Kier molecular flexibility index (Phi) is 7.26. The van der Waals surface area contributed by atoms with Crippen LogP contribution in [0.2, 0.25) is 5.02 Å². The molecule has 1 aromatic heterocycles. The van der Waals surface area contributed by atoms with E-state index in [1.807, 2.05) is 16.5 Å². The van der Waals surface area contributed by atoms with E-state index in [4.69, 9.17) is 11.6 Å². The molecule has 0 radical (unpaired) electrons. The van der Waals surface area contributed by atoms with Crippen molar-refractivity contribution in [3.63, 3.8) is 0 Å². The molecule has 2 aromatic carbocycles. The normalized spacial score (nSPS) is 16.0. The van der Waals surface area contributed by atoms with E-state index in [2.05, 4.69) is 11.2 Å². The highest BCUT2D eigenvalue weighted by Gasteiger charge is 2.25. The first-order valence-corrected chi connectivity index (χ1v) is 13.9. The van der Waals surface area contributed by atoms with Gasteiger partial charge in [0, 0.05) is 49.7 Å². The lowest BCUT2D eigenvalue weighted by atomic mass is 9.93. The molecule has 0 unspecified atom stereocenters. The number of amides is 1. The van der Waals surface area contributed by atoms with Crippen LogP contribution in [0.15, 0.2) is 52.5 Å². The number of rotatable bonds is 6. The number of aromatic nitrogens is 1. The third kappa shape index (κ3) is 5.67. The maximum Gasteiger partial charge on any atom is 0.223 e. The van der Waals surface area contributed by atoms with Crippen LogP contribution < -0.4 is 4.80 Å². The number of benzene rings is 2. The zero-order chi connectivity index (χ0) is 23.6. The summed E-state index contributed by atoms with van der Waals surface area (Å²) in [6.45, 7) is 1.37. The number of thiazole rings is 1. The standard InChI is InChI=1S/C24H28ClN3O3S2/c1-26-24-27(2)16-21(32-24)13-17-7-10-28(11-8-17)23(29)9-12-33(30,31)22-6-4-18-14-20(25)5-3-19(18)15-22/h3-6,14-17H,7-13H2,1-2H3. The van der Waals surface area contributed by atoms with Crippen LogP contribution in [-0.2, 0) is 28.1 Å². The number of aryl methyl sites for hydroxylation is 1. The van der Waals surface area contributed by atoms with Crippen LogP contribution in [0.4, 0.5) is 0 Å². The van der Waals surface area contributed by atoms with Crippen LogP contribution in [0.1, 0.15) is 24.1 Å². The van der Waals surface area contributed by atoms with Crippen molar-refractivity contribution in [3.8, 4) is 0 Å². The summed E-state index contributed by atoms with van der Waals surface area (Å²) >= 11 is 7.72. The molecule has 3 aromatic rings. The quantitative estimate of drug-likeness (QED) is 0.507. The molecule has 1 amide bonds. The minimum absolute atomic E-state index is 0.00772. The first kappa shape index (κ1) is 24.0. The lowest BCUT2D eigenvalue weighted by Gasteiger charge is -2.32. The Balaban J connectivity index is 1.31. The summed E-state index contributed by atoms with van der Waals surface area (Å²) in [7, 11) is 0.265. The highest BCUT2D eigenvalue weighted by molar-refractivity contribution is 7.91.